The van der Waals surface area contributed by atoms with E-state index in [0.29, 0.717) is 18.2 Å². The average Bonchev–Trinajstić information content (AvgIpc) is 2.38. The van der Waals surface area contributed by atoms with E-state index in [1.165, 1.54) is 6.07 Å². The number of ether oxygens (including phenoxy) is 1. The Morgan fingerprint density at radius 2 is 2.26 bits per heavy atom. The molecule has 1 aromatic carbocycles. The zero-order valence-electron chi connectivity index (χ0n) is 11.8. The first-order valence-corrected chi connectivity index (χ1v) is 6.88. The van der Waals surface area contributed by atoms with Crippen molar-refractivity contribution in [2.24, 2.45) is 0 Å². The van der Waals surface area contributed by atoms with Crippen molar-refractivity contribution in [3.63, 3.8) is 0 Å². The molecule has 1 aromatic rings. The third kappa shape index (κ3) is 3.07. The van der Waals surface area contributed by atoms with Crippen molar-refractivity contribution in [2.75, 3.05) is 13.2 Å². The number of nitrogens with zero attached hydrogens (tertiary/aromatic N) is 1. The van der Waals surface area contributed by atoms with Gasteiger partial charge in [-0.1, -0.05) is 13.0 Å². The van der Waals surface area contributed by atoms with E-state index in [2.05, 4.69) is 11.8 Å². The van der Waals surface area contributed by atoms with Crippen molar-refractivity contribution < 1.29 is 14.2 Å². The highest BCUT2D eigenvalue weighted by Crippen LogP contribution is 2.30. The molecule has 3 atom stereocenters. The number of phenols is 1. The molecule has 1 heterocycles. The molecule has 1 aliphatic heterocycles. The molecule has 106 valence electrons. The fourth-order valence-electron chi connectivity index (χ4n) is 2.73. The summed E-state index contributed by atoms with van der Waals surface area (Å²) in [6, 6.07) is 4.69. The molecule has 3 nitrogen and oxygen atoms in total. The summed E-state index contributed by atoms with van der Waals surface area (Å²) in [6.07, 6.45) is 1.15. The molecule has 0 aliphatic carbocycles. The second-order valence-corrected chi connectivity index (χ2v) is 5.28. The van der Waals surface area contributed by atoms with Gasteiger partial charge in [-0.25, -0.2) is 4.39 Å². The van der Waals surface area contributed by atoms with Crippen LogP contribution in [-0.2, 0) is 4.74 Å². The van der Waals surface area contributed by atoms with E-state index in [4.69, 9.17) is 4.74 Å². The fraction of sp³-hybridized carbons (Fsp3) is 0.600. The average molecular weight is 267 g/mol. The normalized spacial score (nSPS) is 26.3. The van der Waals surface area contributed by atoms with Gasteiger partial charge in [-0.3, -0.25) is 4.90 Å². The summed E-state index contributed by atoms with van der Waals surface area (Å²) >= 11 is 0. The van der Waals surface area contributed by atoms with Gasteiger partial charge in [0.1, 0.15) is 11.6 Å². The molecule has 1 fully saturated rings. The smallest absolute Gasteiger partial charge is 0.131 e. The Balaban J connectivity index is 2.23. The molecule has 1 aliphatic rings. The first kappa shape index (κ1) is 14.3. The monoisotopic (exact) mass is 267 g/mol. The van der Waals surface area contributed by atoms with Crippen LogP contribution >= 0.6 is 0 Å². The zero-order chi connectivity index (χ0) is 14.0. The Morgan fingerprint density at radius 1 is 1.53 bits per heavy atom. The van der Waals surface area contributed by atoms with Gasteiger partial charge in [-0.15, -0.1) is 0 Å². The predicted octanol–water partition coefficient (Wildman–Crippen LogP) is 3.09. The van der Waals surface area contributed by atoms with E-state index < -0.39 is 0 Å². The van der Waals surface area contributed by atoms with Crippen LogP contribution in [0.3, 0.4) is 0 Å². The van der Waals surface area contributed by atoms with Crippen molar-refractivity contribution >= 4 is 0 Å². The Morgan fingerprint density at radius 3 is 2.89 bits per heavy atom. The lowest BCUT2D eigenvalue weighted by Crippen LogP contribution is -2.49. The van der Waals surface area contributed by atoms with Gasteiger partial charge in [-0.2, -0.15) is 0 Å². The summed E-state index contributed by atoms with van der Waals surface area (Å²) in [5.41, 5.74) is 0.630. The molecule has 0 radical (unpaired) electrons. The van der Waals surface area contributed by atoms with E-state index in [1.807, 2.05) is 13.8 Å². The van der Waals surface area contributed by atoms with Crippen molar-refractivity contribution in [1.82, 2.24) is 4.90 Å². The van der Waals surface area contributed by atoms with Crippen LogP contribution in [-0.4, -0.2) is 35.3 Å². The van der Waals surface area contributed by atoms with Gasteiger partial charge in [-0.05, 0) is 26.3 Å². The third-order valence-corrected chi connectivity index (χ3v) is 3.91. The molecule has 0 saturated carbocycles. The zero-order valence-corrected chi connectivity index (χ0v) is 11.8. The number of hydrogen-bond donors (Lipinski definition) is 1. The van der Waals surface area contributed by atoms with Gasteiger partial charge in [0.05, 0.1) is 12.7 Å². The summed E-state index contributed by atoms with van der Waals surface area (Å²) in [6.45, 7) is 7.67. The maximum absolute atomic E-state index is 14.0. The molecule has 0 bridgehead atoms. The van der Waals surface area contributed by atoms with Crippen molar-refractivity contribution in [2.45, 2.75) is 45.4 Å². The van der Waals surface area contributed by atoms with E-state index in [0.717, 1.165) is 13.0 Å². The second kappa shape index (κ2) is 5.88. The molecular formula is C15H22FNO2. The van der Waals surface area contributed by atoms with E-state index in [9.17, 15) is 9.50 Å². The Hall–Kier alpha value is -1.13. The highest BCUT2D eigenvalue weighted by Gasteiger charge is 2.30. The number of rotatable bonds is 3. The largest absolute Gasteiger partial charge is 0.508 e. The molecule has 1 N–H and O–H groups in total. The van der Waals surface area contributed by atoms with Crippen LogP contribution in [0.2, 0.25) is 0 Å². The maximum atomic E-state index is 14.0. The van der Waals surface area contributed by atoms with Gasteiger partial charge >= 0.3 is 0 Å². The number of hydrogen-bond acceptors (Lipinski definition) is 3. The second-order valence-electron chi connectivity index (χ2n) is 5.28. The molecule has 1 saturated heterocycles. The lowest BCUT2D eigenvalue weighted by atomic mass is 10.0. The van der Waals surface area contributed by atoms with E-state index in [-0.39, 0.29) is 23.7 Å². The summed E-state index contributed by atoms with van der Waals surface area (Å²) in [5, 5.41) is 9.30. The first-order chi connectivity index (χ1) is 9.02. The standard InChI is InChI=1S/C15H22FNO2/c1-4-12-9-19-10(2)8-17(12)11(3)14-6-5-13(18)7-15(14)16/h5-7,10-12,18H,4,8-9H2,1-3H3. The Kier molecular flexibility index (Phi) is 4.42. The molecular weight excluding hydrogens is 245 g/mol. The summed E-state index contributed by atoms with van der Waals surface area (Å²) in [4.78, 5) is 2.30. The lowest BCUT2D eigenvalue weighted by molar-refractivity contribution is -0.0710. The highest BCUT2D eigenvalue weighted by molar-refractivity contribution is 5.29. The Labute approximate surface area is 114 Å². The van der Waals surface area contributed by atoms with Gasteiger partial charge in [0.25, 0.3) is 0 Å². The third-order valence-electron chi connectivity index (χ3n) is 3.91. The van der Waals surface area contributed by atoms with Crippen LogP contribution in [0.25, 0.3) is 0 Å². The van der Waals surface area contributed by atoms with Crippen molar-refractivity contribution in [3.8, 4) is 5.75 Å². The fourth-order valence-corrected chi connectivity index (χ4v) is 2.73. The lowest BCUT2D eigenvalue weighted by Gasteiger charge is -2.42. The molecule has 0 spiro atoms. The van der Waals surface area contributed by atoms with E-state index >= 15 is 0 Å². The van der Waals surface area contributed by atoms with E-state index in [1.54, 1.807) is 12.1 Å². The molecule has 0 amide bonds. The van der Waals surface area contributed by atoms with Crippen molar-refractivity contribution in [1.29, 1.82) is 0 Å². The van der Waals surface area contributed by atoms with Crippen LogP contribution < -0.4 is 0 Å². The SMILES string of the molecule is CCC1COC(C)CN1C(C)c1ccc(O)cc1F. The molecule has 4 heteroatoms. The minimum absolute atomic E-state index is 0.0168. The van der Waals surface area contributed by atoms with Gasteiger partial charge in [0, 0.05) is 30.3 Å². The number of aromatic hydroxyl groups is 1. The minimum Gasteiger partial charge on any atom is -0.508 e. The summed E-state index contributed by atoms with van der Waals surface area (Å²) < 4.78 is 19.6. The van der Waals surface area contributed by atoms with Crippen LogP contribution in [0.4, 0.5) is 4.39 Å². The number of benzene rings is 1. The van der Waals surface area contributed by atoms with Crippen LogP contribution in [0.15, 0.2) is 18.2 Å². The van der Waals surface area contributed by atoms with Crippen LogP contribution in [0, 0.1) is 5.82 Å². The number of halogens is 1. The topological polar surface area (TPSA) is 32.7 Å². The number of morpholine rings is 1. The minimum atomic E-state index is -0.346. The predicted molar refractivity (Wildman–Crippen MR) is 72.7 cm³/mol. The molecule has 3 unspecified atom stereocenters. The highest BCUT2D eigenvalue weighted by atomic mass is 19.1. The molecule has 0 aromatic heterocycles. The quantitative estimate of drug-likeness (QED) is 0.913. The summed E-state index contributed by atoms with van der Waals surface area (Å²) in [7, 11) is 0. The van der Waals surface area contributed by atoms with Crippen LogP contribution in [0.1, 0.15) is 38.8 Å². The van der Waals surface area contributed by atoms with Gasteiger partial charge in [0.2, 0.25) is 0 Å². The molecule has 19 heavy (non-hydrogen) atoms. The number of phenolic OH excluding ortho intramolecular Hbond substituents is 1. The van der Waals surface area contributed by atoms with Gasteiger partial charge < -0.3 is 9.84 Å². The van der Waals surface area contributed by atoms with Crippen molar-refractivity contribution in [3.05, 3.63) is 29.6 Å². The molecule has 2 rings (SSSR count). The van der Waals surface area contributed by atoms with Gasteiger partial charge in [0.15, 0.2) is 0 Å². The maximum Gasteiger partial charge on any atom is 0.131 e. The Bertz CT molecular complexity index is 438. The first-order valence-electron chi connectivity index (χ1n) is 6.88. The van der Waals surface area contributed by atoms with Crippen LogP contribution in [0.5, 0.6) is 5.75 Å². The summed E-state index contributed by atoms with van der Waals surface area (Å²) in [5.74, 6) is -0.377.